The number of likely N-dealkylation sites (tertiary alicyclic amines) is 1. The Morgan fingerprint density at radius 1 is 1.53 bits per heavy atom. The summed E-state index contributed by atoms with van der Waals surface area (Å²) in [6, 6.07) is 6.56. The average Bonchev–Trinajstić information content (AvgIpc) is 2.86. The standard InChI is InChI=1S/C12H16N4O/c1-16-6-5-8(7-16)14-12-15-11-9(13)3-2-4-10(11)17-12/h2-4,8H,5-7,13H2,1H3,(H,14,15). The minimum Gasteiger partial charge on any atom is -0.423 e. The second-order valence-corrected chi connectivity index (χ2v) is 4.61. The van der Waals surface area contributed by atoms with Gasteiger partial charge in [-0.3, -0.25) is 0 Å². The quantitative estimate of drug-likeness (QED) is 0.768. The normalized spacial score (nSPS) is 21.1. The highest BCUT2D eigenvalue weighted by molar-refractivity contribution is 5.86. The molecule has 1 aromatic heterocycles. The summed E-state index contributed by atoms with van der Waals surface area (Å²) < 4.78 is 5.63. The summed E-state index contributed by atoms with van der Waals surface area (Å²) in [4.78, 5) is 6.67. The molecule has 1 saturated heterocycles. The van der Waals surface area contributed by atoms with Crippen LogP contribution < -0.4 is 11.1 Å². The van der Waals surface area contributed by atoms with Crippen molar-refractivity contribution < 1.29 is 4.42 Å². The van der Waals surface area contributed by atoms with Crippen molar-refractivity contribution in [1.29, 1.82) is 0 Å². The van der Waals surface area contributed by atoms with Crippen molar-refractivity contribution >= 4 is 22.8 Å². The van der Waals surface area contributed by atoms with Crippen molar-refractivity contribution in [2.24, 2.45) is 0 Å². The molecule has 1 fully saturated rings. The first kappa shape index (κ1) is 10.4. The minimum atomic E-state index is 0.411. The van der Waals surface area contributed by atoms with Crippen molar-refractivity contribution in [2.75, 3.05) is 31.2 Å². The van der Waals surface area contributed by atoms with E-state index in [9.17, 15) is 0 Å². The van der Waals surface area contributed by atoms with Gasteiger partial charge in [0.25, 0.3) is 6.01 Å². The summed E-state index contributed by atoms with van der Waals surface area (Å²) in [5.74, 6) is 0. The molecule has 3 rings (SSSR count). The van der Waals surface area contributed by atoms with Gasteiger partial charge in [0.2, 0.25) is 0 Å². The summed E-state index contributed by atoms with van der Waals surface area (Å²) in [5, 5.41) is 3.31. The van der Waals surface area contributed by atoms with Crippen molar-refractivity contribution in [1.82, 2.24) is 9.88 Å². The van der Waals surface area contributed by atoms with Gasteiger partial charge in [-0.1, -0.05) is 6.07 Å². The van der Waals surface area contributed by atoms with E-state index in [1.807, 2.05) is 18.2 Å². The van der Waals surface area contributed by atoms with Crippen LogP contribution in [-0.4, -0.2) is 36.1 Å². The van der Waals surface area contributed by atoms with Gasteiger partial charge in [0.15, 0.2) is 5.58 Å². The van der Waals surface area contributed by atoms with E-state index in [0.717, 1.165) is 30.6 Å². The summed E-state index contributed by atoms with van der Waals surface area (Å²) in [5.41, 5.74) is 7.97. The zero-order chi connectivity index (χ0) is 11.8. The highest BCUT2D eigenvalue weighted by Crippen LogP contribution is 2.24. The largest absolute Gasteiger partial charge is 0.423 e. The van der Waals surface area contributed by atoms with Crippen LogP contribution in [0.2, 0.25) is 0 Å². The number of nitrogen functional groups attached to an aromatic ring is 1. The second kappa shape index (κ2) is 3.92. The van der Waals surface area contributed by atoms with Gasteiger partial charge in [-0.15, -0.1) is 0 Å². The lowest BCUT2D eigenvalue weighted by molar-refractivity contribution is 0.413. The SMILES string of the molecule is CN1CCC(Nc2nc3c(N)cccc3o2)C1. The Balaban J connectivity index is 1.84. The summed E-state index contributed by atoms with van der Waals surface area (Å²) in [6.45, 7) is 2.13. The lowest BCUT2D eigenvalue weighted by Gasteiger charge is -2.10. The molecule has 17 heavy (non-hydrogen) atoms. The molecule has 0 spiro atoms. The molecule has 1 aliphatic rings. The van der Waals surface area contributed by atoms with Gasteiger partial charge in [-0.05, 0) is 32.1 Å². The Morgan fingerprint density at radius 2 is 2.41 bits per heavy atom. The van der Waals surface area contributed by atoms with E-state index in [1.165, 1.54) is 0 Å². The Kier molecular flexibility index (Phi) is 2.40. The third-order valence-corrected chi connectivity index (χ3v) is 3.17. The number of nitrogens with zero attached hydrogens (tertiary/aromatic N) is 2. The molecule has 0 saturated carbocycles. The van der Waals surface area contributed by atoms with Crippen LogP contribution in [0.5, 0.6) is 0 Å². The minimum absolute atomic E-state index is 0.411. The van der Waals surface area contributed by atoms with Crippen LogP contribution in [-0.2, 0) is 0 Å². The monoisotopic (exact) mass is 232 g/mol. The molecular weight excluding hydrogens is 216 g/mol. The number of benzene rings is 1. The van der Waals surface area contributed by atoms with Crippen molar-refractivity contribution in [3.63, 3.8) is 0 Å². The van der Waals surface area contributed by atoms with Gasteiger partial charge in [-0.25, -0.2) is 0 Å². The maximum Gasteiger partial charge on any atom is 0.296 e. The molecule has 5 nitrogen and oxygen atoms in total. The number of anilines is 2. The fraction of sp³-hybridized carbons (Fsp3) is 0.417. The van der Waals surface area contributed by atoms with Crippen LogP contribution in [0.1, 0.15) is 6.42 Å². The number of aromatic nitrogens is 1. The van der Waals surface area contributed by atoms with E-state index >= 15 is 0 Å². The van der Waals surface area contributed by atoms with E-state index in [4.69, 9.17) is 10.2 Å². The van der Waals surface area contributed by atoms with Crippen molar-refractivity contribution in [3.8, 4) is 0 Å². The second-order valence-electron chi connectivity index (χ2n) is 4.61. The van der Waals surface area contributed by atoms with E-state index in [1.54, 1.807) is 0 Å². The number of nitrogens with one attached hydrogen (secondary N) is 1. The van der Waals surface area contributed by atoms with Crippen LogP contribution in [0.25, 0.3) is 11.1 Å². The molecular formula is C12H16N4O. The highest BCUT2D eigenvalue weighted by atomic mass is 16.4. The summed E-state index contributed by atoms with van der Waals surface area (Å²) in [6.07, 6.45) is 1.12. The average molecular weight is 232 g/mol. The van der Waals surface area contributed by atoms with Crippen LogP contribution in [0, 0.1) is 0 Å². The Morgan fingerprint density at radius 3 is 3.12 bits per heavy atom. The Labute approximate surface area is 99.6 Å². The number of nitrogens with two attached hydrogens (primary N) is 1. The molecule has 2 heterocycles. The van der Waals surface area contributed by atoms with E-state index in [-0.39, 0.29) is 0 Å². The molecule has 1 unspecified atom stereocenters. The van der Waals surface area contributed by atoms with Crippen LogP contribution in [0.4, 0.5) is 11.7 Å². The molecule has 1 atom stereocenters. The molecule has 0 bridgehead atoms. The maximum atomic E-state index is 5.84. The van der Waals surface area contributed by atoms with Crippen molar-refractivity contribution in [3.05, 3.63) is 18.2 Å². The predicted octanol–water partition coefficient (Wildman–Crippen LogP) is 1.53. The lowest BCUT2D eigenvalue weighted by atomic mass is 10.3. The molecule has 1 aliphatic heterocycles. The van der Waals surface area contributed by atoms with Gasteiger partial charge in [0, 0.05) is 12.6 Å². The number of fused-ring (bicyclic) bond motifs is 1. The smallest absolute Gasteiger partial charge is 0.296 e. The molecule has 90 valence electrons. The number of oxazole rings is 1. The zero-order valence-electron chi connectivity index (χ0n) is 9.81. The third-order valence-electron chi connectivity index (χ3n) is 3.17. The molecule has 3 N–H and O–H groups in total. The molecule has 0 aliphatic carbocycles. The van der Waals surface area contributed by atoms with Crippen LogP contribution >= 0.6 is 0 Å². The Bertz CT molecular complexity index is 536. The highest BCUT2D eigenvalue weighted by Gasteiger charge is 2.21. The molecule has 2 aromatic rings. The number of hydrogen-bond donors (Lipinski definition) is 2. The zero-order valence-corrected chi connectivity index (χ0v) is 9.81. The number of para-hydroxylation sites is 1. The van der Waals surface area contributed by atoms with Crippen LogP contribution in [0.15, 0.2) is 22.6 Å². The summed E-state index contributed by atoms with van der Waals surface area (Å²) >= 11 is 0. The lowest BCUT2D eigenvalue weighted by Crippen LogP contribution is -2.23. The van der Waals surface area contributed by atoms with E-state index < -0.39 is 0 Å². The first-order chi connectivity index (χ1) is 8.22. The first-order valence-corrected chi connectivity index (χ1v) is 5.82. The van der Waals surface area contributed by atoms with Gasteiger partial charge in [0.1, 0.15) is 5.52 Å². The molecule has 0 radical (unpaired) electrons. The molecule has 1 aromatic carbocycles. The fourth-order valence-corrected chi connectivity index (χ4v) is 2.26. The first-order valence-electron chi connectivity index (χ1n) is 5.82. The van der Waals surface area contributed by atoms with Crippen LogP contribution in [0.3, 0.4) is 0 Å². The fourth-order valence-electron chi connectivity index (χ4n) is 2.26. The topological polar surface area (TPSA) is 67.3 Å². The van der Waals surface area contributed by atoms with Gasteiger partial charge in [0.05, 0.1) is 5.69 Å². The predicted molar refractivity (Wildman–Crippen MR) is 67.9 cm³/mol. The number of rotatable bonds is 2. The van der Waals surface area contributed by atoms with Gasteiger partial charge in [-0.2, -0.15) is 4.98 Å². The maximum absolute atomic E-state index is 5.84. The third kappa shape index (κ3) is 1.93. The summed E-state index contributed by atoms with van der Waals surface area (Å²) in [7, 11) is 2.12. The van der Waals surface area contributed by atoms with E-state index in [0.29, 0.717) is 17.7 Å². The Hall–Kier alpha value is -1.75. The molecule has 5 heteroatoms. The van der Waals surface area contributed by atoms with Crippen molar-refractivity contribution in [2.45, 2.75) is 12.5 Å². The van der Waals surface area contributed by atoms with E-state index in [2.05, 4.69) is 22.2 Å². The van der Waals surface area contributed by atoms with Gasteiger partial charge >= 0.3 is 0 Å². The number of hydrogen-bond acceptors (Lipinski definition) is 5. The van der Waals surface area contributed by atoms with Gasteiger partial charge < -0.3 is 20.4 Å². The number of likely N-dealkylation sites (N-methyl/N-ethyl adjacent to an activating group) is 1. The molecule has 0 amide bonds.